The Hall–Kier alpha value is -1.96. The molecule has 0 aliphatic rings. The molecule has 0 aromatic heterocycles. The van der Waals surface area contributed by atoms with E-state index in [1.807, 2.05) is 54.6 Å². The number of hydrogen-bond acceptors (Lipinski definition) is 2. The first-order valence-electron chi connectivity index (χ1n) is 5.37. The molecule has 0 aliphatic heterocycles. The zero-order valence-electron chi connectivity index (χ0n) is 9.10. The summed E-state index contributed by atoms with van der Waals surface area (Å²) in [5.74, 6) is 0.915. The molecule has 0 radical (unpaired) electrons. The lowest BCUT2D eigenvalue weighted by molar-refractivity contribution is 0.322. The second kappa shape index (κ2) is 5.21. The van der Waals surface area contributed by atoms with Gasteiger partial charge in [-0.05, 0) is 29.8 Å². The summed E-state index contributed by atoms with van der Waals surface area (Å²) >= 11 is 0. The summed E-state index contributed by atoms with van der Waals surface area (Å²) in [5.41, 5.74) is 7.65. The number of anilines is 1. The van der Waals surface area contributed by atoms with Crippen LogP contribution in [0.4, 0.5) is 5.69 Å². The molecule has 2 aromatic carbocycles. The van der Waals surface area contributed by atoms with E-state index in [0.29, 0.717) is 6.61 Å². The number of ether oxygens (including phenoxy) is 1. The van der Waals surface area contributed by atoms with Crippen molar-refractivity contribution in [1.82, 2.24) is 0 Å². The van der Waals surface area contributed by atoms with E-state index in [1.165, 1.54) is 5.56 Å². The zero-order chi connectivity index (χ0) is 11.2. The molecule has 2 aromatic rings. The first-order chi connectivity index (χ1) is 7.84. The Bertz CT molecular complexity index is 422. The average molecular weight is 213 g/mol. The first kappa shape index (κ1) is 10.6. The van der Waals surface area contributed by atoms with E-state index >= 15 is 0 Å². The summed E-state index contributed by atoms with van der Waals surface area (Å²) in [6, 6.07) is 17.7. The van der Waals surface area contributed by atoms with Gasteiger partial charge < -0.3 is 10.5 Å². The van der Waals surface area contributed by atoms with Gasteiger partial charge >= 0.3 is 0 Å². The first-order valence-corrected chi connectivity index (χ1v) is 5.37. The fraction of sp³-hybridized carbons (Fsp3) is 0.143. The summed E-state index contributed by atoms with van der Waals surface area (Å²) in [6.45, 7) is 0.688. The Morgan fingerprint density at radius 1 is 0.875 bits per heavy atom. The van der Waals surface area contributed by atoms with E-state index in [4.69, 9.17) is 10.5 Å². The maximum atomic E-state index is 5.62. The van der Waals surface area contributed by atoms with Crippen LogP contribution in [0.25, 0.3) is 0 Å². The second-order valence-corrected chi connectivity index (χ2v) is 3.65. The van der Waals surface area contributed by atoms with Crippen molar-refractivity contribution in [3.8, 4) is 5.75 Å². The molecule has 0 unspecified atom stereocenters. The third-order valence-electron chi connectivity index (χ3n) is 2.38. The molecule has 0 atom stereocenters. The number of hydrogen-bond donors (Lipinski definition) is 1. The lowest BCUT2D eigenvalue weighted by Crippen LogP contribution is -2.01. The zero-order valence-corrected chi connectivity index (χ0v) is 9.10. The van der Waals surface area contributed by atoms with Gasteiger partial charge in [0.25, 0.3) is 0 Å². The molecule has 0 saturated heterocycles. The van der Waals surface area contributed by atoms with Crippen LogP contribution < -0.4 is 10.5 Å². The lowest BCUT2D eigenvalue weighted by Gasteiger charge is -2.05. The van der Waals surface area contributed by atoms with Crippen molar-refractivity contribution >= 4 is 5.69 Å². The summed E-state index contributed by atoms with van der Waals surface area (Å²) in [6.07, 6.45) is 0.898. The number of nitrogen functional groups attached to an aromatic ring is 1. The van der Waals surface area contributed by atoms with Crippen LogP contribution in [0.2, 0.25) is 0 Å². The van der Waals surface area contributed by atoms with Crippen LogP contribution in [0.3, 0.4) is 0 Å². The maximum Gasteiger partial charge on any atom is 0.119 e. The van der Waals surface area contributed by atoms with Crippen molar-refractivity contribution in [2.24, 2.45) is 0 Å². The van der Waals surface area contributed by atoms with Crippen molar-refractivity contribution < 1.29 is 4.74 Å². The van der Waals surface area contributed by atoms with Crippen LogP contribution in [0.1, 0.15) is 5.56 Å². The lowest BCUT2D eigenvalue weighted by atomic mass is 10.1. The van der Waals surface area contributed by atoms with Gasteiger partial charge in [-0.3, -0.25) is 0 Å². The molecule has 16 heavy (non-hydrogen) atoms. The minimum absolute atomic E-state index is 0.688. The van der Waals surface area contributed by atoms with Crippen molar-refractivity contribution in [3.05, 3.63) is 60.2 Å². The molecule has 2 N–H and O–H groups in total. The molecule has 0 amide bonds. The largest absolute Gasteiger partial charge is 0.493 e. The highest BCUT2D eigenvalue weighted by atomic mass is 16.5. The molecule has 2 heteroatoms. The molecular weight excluding hydrogens is 198 g/mol. The monoisotopic (exact) mass is 213 g/mol. The van der Waals surface area contributed by atoms with Crippen LogP contribution in [0.15, 0.2) is 54.6 Å². The van der Waals surface area contributed by atoms with Crippen LogP contribution in [0.5, 0.6) is 5.75 Å². The number of benzene rings is 2. The van der Waals surface area contributed by atoms with Crippen molar-refractivity contribution in [2.45, 2.75) is 6.42 Å². The molecule has 2 nitrogen and oxygen atoms in total. The van der Waals surface area contributed by atoms with Gasteiger partial charge in [0.05, 0.1) is 6.61 Å². The van der Waals surface area contributed by atoms with Gasteiger partial charge in [-0.25, -0.2) is 0 Å². The minimum atomic E-state index is 0.688. The minimum Gasteiger partial charge on any atom is -0.493 e. The molecule has 82 valence electrons. The molecule has 0 bridgehead atoms. The van der Waals surface area contributed by atoms with E-state index in [0.717, 1.165) is 17.9 Å². The van der Waals surface area contributed by atoms with Crippen molar-refractivity contribution in [1.29, 1.82) is 0 Å². The Morgan fingerprint density at radius 2 is 1.56 bits per heavy atom. The van der Waals surface area contributed by atoms with Gasteiger partial charge in [-0.1, -0.05) is 30.3 Å². The van der Waals surface area contributed by atoms with Crippen LogP contribution in [-0.2, 0) is 6.42 Å². The van der Waals surface area contributed by atoms with Crippen molar-refractivity contribution in [3.63, 3.8) is 0 Å². The van der Waals surface area contributed by atoms with E-state index in [-0.39, 0.29) is 0 Å². The number of para-hydroxylation sites is 1. The summed E-state index contributed by atoms with van der Waals surface area (Å²) in [4.78, 5) is 0. The molecule has 0 fully saturated rings. The maximum absolute atomic E-state index is 5.62. The van der Waals surface area contributed by atoms with Crippen LogP contribution >= 0.6 is 0 Å². The Labute approximate surface area is 95.7 Å². The number of rotatable bonds is 4. The quantitative estimate of drug-likeness (QED) is 0.792. The van der Waals surface area contributed by atoms with Gasteiger partial charge in [-0.2, -0.15) is 0 Å². The molecule has 0 aliphatic carbocycles. The predicted octanol–water partition coefficient (Wildman–Crippen LogP) is 2.89. The van der Waals surface area contributed by atoms with Crippen LogP contribution in [0, 0.1) is 0 Å². The Kier molecular flexibility index (Phi) is 3.44. The third-order valence-corrected chi connectivity index (χ3v) is 2.38. The molecule has 0 spiro atoms. The van der Waals surface area contributed by atoms with Crippen molar-refractivity contribution in [2.75, 3.05) is 12.3 Å². The van der Waals surface area contributed by atoms with E-state index in [9.17, 15) is 0 Å². The second-order valence-electron chi connectivity index (χ2n) is 3.65. The summed E-state index contributed by atoms with van der Waals surface area (Å²) < 4.78 is 5.61. The van der Waals surface area contributed by atoms with E-state index in [1.54, 1.807) is 0 Å². The SMILES string of the molecule is Nc1ccc(CCOc2ccccc2)cc1. The third kappa shape index (κ3) is 3.02. The predicted molar refractivity (Wildman–Crippen MR) is 66.5 cm³/mol. The van der Waals surface area contributed by atoms with Gasteiger partial charge in [-0.15, -0.1) is 0 Å². The highest BCUT2D eigenvalue weighted by molar-refractivity contribution is 5.39. The van der Waals surface area contributed by atoms with Gasteiger partial charge in [0.2, 0.25) is 0 Å². The highest BCUT2D eigenvalue weighted by Gasteiger charge is 1.94. The van der Waals surface area contributed by atoms with E-state index < -0.39 is 0 Å². The molecule has 2 rings (SSSR count). The van der Waals surface area contributed by atoms with Gasteiger partial charge in [0.15, 0.2) is 0 Å². The summed E-state index contributed by atoms with van der Waals surface area (Å²) in [5, 5.41) is 0. The van der Waals surface area contributed by atoms with Crippen LogP contribution in [-0.4, -0.2) is 6.61 Å². The smallest absolute Gasteiger partial charge is 0.119 e. The fourth-order valence-corrected chi connectivity index (χ4v) is 1.49. The molecular formula is C14H15NO. The normalized spacial score (nSPS) is 10.0. The fourth-order valence-electron chi connectivity index (χ4n) is 1.49. The standard InChI is InChI=1S/C14H15NO/c15-13-8-6-12(7-9-13)10-11-16-14-4-2-1-3-5-14/h1-9H,10-11,15H2. The molecule has 0 saturated carbocycles. The van der Waals surface area contributed by atoms with E-state index in [2.05, 4.69) is 0 Å². The highest BCUT2D eigenvalue weighted by Crippen LogP contribution is 2.10. The Balaban J connectivity index is 1.82. The summed E-state index contributed by atoms with van der Waals surface area (Å²) in [7, 11) is 0. The Morgan fingerprint density at radius 3 is 2.25 bits per heavy atom. The molecule has 0 heterocycles. The average Bonchev–Trinajstić information content (AvgIpc) is 2.33. The number of nitrogens with two attached hydrogens (primary N) is 1. The van der Waals surface area contributed by atoms with Gasteiger partial charge in [0, 0.05) is 12.1 Å². The van der Waals surface area contributed by atoms with Gasteiger partial charge in [0.1, 0.15) is 5.75 Å². The topological polar surface area (TPSA) is 35.2 Å².